The molecule has 0 radical (unpaired) electrons. The lowest BCUT2D eigenvalue weighted by molar-refractivity contribution is 0.342. The van der Waals surface area contributed by atoms with E-state index < -0.39 is 10.2 Å². The van der Waals surface area contributed by atoms with Crippen molar-refractivity contribution in [2.45, 2.75) is 19.3 Å². The van der Waals surface area contributed by atoms with Gasteiger partial charge >= 0.3 is 0 Å². The average Bonchev–Trinajstić information content (AvgIpc) is 2.16. The van der Waals surface area contributed by atoms with Crippen molar-refractivity contribution in [2.24, 2.45) is 0 Å². The van der Waals surface area contributed by atoms with Crippen LogP contribution >= 0.6 is 22.6 Å². The zero-order valence-corrected chi connectivity index (χ0v) is 10.5. The quantitative estimate of drug-likeness (QED) is 0.614. The minimum atomic E-state index is -3.17. The minimum Gasteiger partial charge on any atom is -0.201 e. The molecule has 1 rings (SSSR count). The van der Waals surface area contributed by atoms with Gasteiger partial charge in [0.25, 0.3) is 10.2 Å². The number of nitrogens with zero attached hydrogens (tertiary/aromatic N) is 1. The molecular formula is C7H15IN2O2S. The summed E-state index contributed by atoms with van der Waals surface area (Å²) in [5.74, 6) is 0. The third kappa shape index (κ3) is 3.69. The minimum absolute atomic E-state index is 0.527. The van der Waals surface area contributed by atoms with Crippen LogP contribution < -0.4 is 4.72 Å². The molecule has 78 valence electrons. The van der Waals surface area contributed by atoms with Gasteiger partial charge < -0.3 is 0 Å². The predicted molar refractivity (Wildman–Crippen MR) is 61.2 cm³/mol. The lowest BCUT2D eigenvalue weighted by Gasteiger charge is -2.25. The van der Waals surface area contributed by atoms with Crippen molar-refractivity contribution >= 4 is 32.8 Å². The lowest BCUT2D eigenvalue weighted by atomic mass is 10.2. The van der Waals surface area contributed by atoms with E-state index in [1.165, 1.54) is 0 Å². The van der Waals surface area contributed by atoms with Crippen molar-refractivity contribution < 1.29 is 8.42 Å². The maximum absolute atomic E-state index is 11.6. The summed E-state index contributed by atoms with van der Waals surface area (Å²) >= 11 is 2.15. The fraction of sp³-hybridized carbons (Fsp3) is 1.00. The third-order valence-electron chi connectivity index (χ3n) is 2.03. The fourth-order valence-electron chi connectivity index (χ4n) is 1.36. The van der Waals surface area contributed by atoms with Gasteiger partial charge in [-0.3, -0.25) is 0 Å². The zero-order valence-electron chi connectivity index (χ0n) is 7.50. The maximum atomic E-state index is 11.6. The Bertz CT molecular complexity index is 237. The Balaban J connectivity index is 2.47. The van der Waals surface area contributed by atoms with Gasteiger partial charge in [0.05, 0.1) is 0 Å². The van der Waals surface area contributed by atoms with Gasteiger partial charge in [0.1, 0.15) is 0 Å². The highest BCUT2D eigenvalue weighted by Crippen LogP contribution is 2.11. The van der Waals surface area contributed by atoms with E-state index in [0.717, 1.165) is 23.7 Å². The molecule has 1 fully saturated rings. The van der Waals surface area contributed by atoms with Crippen LogP contribution in [0.4, 0.5) is 0 Å². The standard InChI is InChI=1S/C7H15IN2O2S/c8-4-5-9-13(11,12)10-6-2-1-3-7-10/h9H,1-7H2. The Morgan fingerprint density at radius 1 is 1.23 bits per heavy atom. The van der Waals surface area contributed by atoms with Crippen LogP contribution in [0.15, 0.2) is 0 Å². The first-order valence-electron chi connectivity index (χ1n) is 4.47. The molecule has 0 aromatic carbocycles. The molecule has 6 heteroatoms. The van der Waals surface area contributed by atoms with Gasteiger partial charge in [-0.15, -0.1) is 0 Å². The molecule has 0 bridgehead atoms. The highest BCUT2D eigenvalue weighted by Gasteiger charge is 2.22. The second kappa shape index (κ2) is 5.47. The van der Waals surface area contributed by atoms with Crippen molar-refractivity contribution in [2.75, 3.05) is 24.1 Å². The molecule has 0 saturated carbocycles. The van der Waals surface area contributed by atoms with Crippen LogP contribution in [0.2, 0.25) is 0 Å². The lowest BCUT2D eigenvalue weighted by Crippen LogP contribution is -2.43. The van der Waals surface area contributed by atoms with E-state index in [9.17, 15) is 8.42 Å². The van der Waals surface area contributed by atoms with E-state index in [-0.39, 0.29) is 0 Å². The number of halogens is 1. The summed E-state index contributed by atoms with van der Waals surface area (Å²) in [6.07, 6.45) is 3.13. The fourth-order valence-corrected chi connectivity index (χ4v) is 3.28. The van der Waals surface area contributed by atoms with E-state index in [0.29, 0.717) is 19.6 Å². The molecule has 4 nitrogen and oxygen atoms in total. The molecule has 1 heterocycles. The normalized spacial score (nSPS) is 20.4. The number of alkyl halides is 1. The second-order valence-electron chi connectivity index (χ2n) is 3.05. The first-order chi connectivity index (χ1) is 6.17. The van der Waals surface area contributed by atoms with Gasteiger partial charge in [-0.1, -0.05) is 29.0 Å². The average molecular weight is 318 g/mol. The van der Waals surface area contributed by atoms with E-state index in [4.69, 9.17) is 0 Å². The molecule has 1 aliphatic heterocycles. The summed E-state index contributed by atoms with van der Waals surface area (Å²) in [5.41, 5.74) is 0. The van der Waals surface area contributed by atoms with Crippen molar-refractivity contribution in [1.29, 1.82) is 0 Å². The van der Waals surface area contributed by atoms with Crippen LogP contribution in [0.3, 0.4) is 0 Å². The van der Waals surface area contributed by atoms with Crippen LogP contribution in [0.1, 0.15) is 19.3 Å². The summed E-state index contributed by atoms with van der Waals surface area (Å²) < 4.78 is 28.0. The summed E-state index contributed by atoms with van der Waals surface area (Å²) in [7, 11) is -3.17. The molecule has 0 unspecified atom stereocenters. The van der Waals surface area contributed by atoms with Crippen molar-refractivity contribution in [3.63, 3.8) is 0 Å². The van der Waals surface area contributed by atoms with Gasteiger partial charge in [0.2, 0.25) is 0 Å². The van der Waals surface area contributed by atoms with E-state index in [1.54, 1.807) is 4.31 Å². The maximum Gasteiger partial charge on any atom is 0.279 e. The van der Waals surface area contributed by atoms with Crippen molar-refractivity contribution in [3.8, 4) is 0 Å². The Labute approximate surface area is 93.4 Å². The highest BCUT2D eigenvalue weighted by atomic mass is 127. The molecule has 0 aliphatic carbocycles. The Morgan fingerprint density at radius 3 is 2.38 bits per heavy atom. The van der Waals surface area contributed by atoms with Gasteiger partial charge in [0, 0.05) is 24.1 Å². The molecule has 0 spiro atoms. The van der Waals surface area contributed by atoms with Gasteiger partial charge in [-0.25, -0.2) is 4.72 Å². The third-order valence-corrected chi connectivity index (χ3v) is 4.19. The largest absolute Gasteiger partial charge is 0.279 e. The Morgan fingerprint density at radius 2 is 1.85 bits per heavy atom. The topological polar surface area (TPSA) is 49.4 Å². The highest BCUT2D eigenvalue weighted by molar-refractivity contribution is 14.1. The molecule has 13 heavy (non-hydrogen) atoms. The Kier molecular flexibility index (Phi) is 4.91. The van der Waals surface area contributed by atoms with E-state index >= 15 is 0 Å². The van der Waals surface area contributed by atoms with Crippen LogP contribution in [0.5, 0.6) is 0 Å². The van der Waals surface area contributed by atoms with Crippen molar-refractivity contribution in [1.82, 2.24) is 9.03 Å². The molecule has 0 aromatic heterocycles. The first-order valence-corrected chi connectivity index (χ1v) is 7.44. The number of piperidine rings is 1. The van der Waals surface area contributed by atoms with Crippen LogP contribution in [-0.4, -0.2) is 36.8 Å². The summed E-state index contributed by atoms with van der Waals surface area (Å²) in [5, 5.41) is 0. The monoisotopic (exact) mass is 318 g/mol. The van der Waals surface area contributed by atoms with Gasteiger partial charge in [-0.05, 0) is 12.8 Å². The smallest absolute Gasteiger partial charge is 0.201 e. The van der Waals surface area contributed by atoms with Crippen LogP contribution in [0.25, 0.3) is 0 Å². The van der Waals surface area contributed by atoms with Gasteiger partial charge in [0.15, 0.2) is 0 Å². The molecule has 0 aromatic rings. The number of hydrogen-bond donors (Lipinski definition) is 1. The molecule has 0 atom stereocenters. The zero-order chi connectivity index (χ0) is 9.73. The van der Waals surface area contributed by atoms with Crippen molar-refractivity contribution in [3.05, 3.63) is 0 Å². The number of hydrogen-bond acceptors (Lipinski definition) is 2. The summed E-state index contributed by atoms with van der Waals surface area (Å²) in [6.45, 7) is 1.88. The molecular weight excluding hydrogens is 303 g/mol. The Hall–Kier alpha value is 0.600. The van der Waals surface area contributed by atoms with Crippen LogP contribution in [0, 0.1) is 0 Å². The molecule has 1 aliphatic rings. The SMILES string of the molecule is O=S(=O)(NCCI)N1CCCCC1. The van der Waals surface area contributed by atoms with E-state index in [1.807, 2.05) is 0 Å². The summed E-state index contributed by atoms with van der Waals surface area (Å²) in [6, 6.07) is 0. The predicted octanol–water partition coefficient (Wildman–Crippen LogP) is 0.742. The van der Waals surface area contributed by atoms with E-state index in [2.05, 4.69) is 27.3 Å². The summed E-state index contributed by atoms with van der Waals surface area (Å²) in [4.78, 5) is 0. The second-order valence-corrected chi connectivity index (χ2v) is 5.88. The molecule has 0 amide bonds. The first kappa shape index (κ1) is 11.7. The molecule has 1 N–H and O–H groups in total. The van der Waals surface area contributed by atoms with Gasteiger partial charge in [-0.2, -0.15) is 12.7 Å². The van der Waals surface area contributed by atoms with Crippen LogP contribution in [-0.2, 0) is 10.2 Å². The molecule has 1 saturated heterocycles. The number of rotatable bonds is 4. The number of nitrogens with one attached hydrogen (secondary N) is 1.